The molecular formula is C28H23BrN2O5S. The first-order chi connectivity index (χ1) is 17.9. The fourth-order valence-electron chi connectivity index (χ4n) is 4.18. The number of hydrogen-bond donors (Lipinski definition) is 0. The Morgan fingerprint density at radius 1 is 1.14 bits per heavy atom. The molecule has 0 spiro atoms. The molecule has 0 bridgehead atoms. The molecular weight excluding hydrogens is 556 g/mol. The van der Waals surface area contributed by atoms with Crippen molar-refractivity contribution in [3.63, 3.8) is 0 Å². The van der Waals surface area contributed by atoms with E-state index in [2.05, 4.69) is 20.9 Å². The highest BCUT2D eigenvalue weighted by molar-refractivity contribution is 9.10. The van der Waals surface area contributed by atoms with Gasteiger partial charge in [-0.15, -0.1) is 0 Å². The first-order valence-corrected chi connectivity index (χ1v) is 13.2. The quantitative estimate of drug-likeness (QED) is 0.306. The smallest absolute Gasteiger partial charge is 0.338 e. The van der Waals surface area contributed by atoms with E-state index in [1.54, 1.807) is 33.1 Å². The van der Waals surface area contributed by atoms with Crippen LogP contribution in [0.1, 0.15) is 31.2 Å². The van der Waals surface area contributed by atoms with Gasteiger partial charge in [-0.05, 0) is 61.9 Å². The molecule has 188 valence electrons. The summed E-state index contributed by atoms with van der Waals surface area (Å²) in [5, 5.41) is 0. The molecule has 1 aliphatic heterocycles. The first-order valence-electron chi connectivity index (χ1n) is 11.6. The number of fused-ring (bicyclic) bond motifs is 1. The Balaban J connectivity index is 1.66. The van der Waals surface area contributed by atoms with Gasteiger partial charge in [-0.25, -0.2) is 9.79 Å². The normalized spacial score (nSPS) is 15.4. The second-order valence-corrected chi connectivity index (χ2v) is 10.2. The zero-order valence-corrected chi connectivity index (χ0v) is 22.8. The van der Waals surface area contributed by atoms with E-state index < -0.39 is 12.0 Å². The number of rotatable bonds is 6. The van der Waals surface area contributed by atoms with Gasteiger partial charge in [0, 0.05) is 10.0 Å². The molecule has 7 nitrogen and oxygen atoms in total. The molecule has 0 aliphatic carbocycles. The number of methoxy groups -OCH3 is 1. The maximum absolute atomic E-state index is 13.7. The predicted octanol–water partition coefficient (Wildman–Crippen LogP) is 4.83. The van der Waals surface area contributed by atoms with Crippen molar-refractivity contribution in [2.75, 3.05) is 13.7 Å². The summed E-state index contributed by atoms with van der Waals surface area (Å²) >= 11 is 4.71. The van der Waals surface area contributed by atoms with Crippen molar-refractivity contribution in [2.45, 2.75) is 19.9 Å². The van der Waals surface area contributed by atoms with Crippen LogP contribution in [0.15, 0.2) is 90.6 Å². The van der Waals surface area contributed by atoms with Crippen LogP contribution in [0.5, 0.6) is 5.75 Å². The standard InChI is InChI=1S/C28H23BrN2O5S/c1-4-35-27(33)24-16(2)30-28-31(26(32)23(37-28)15-17-5-11-20(34-3)12-6-17)25(24)22-14-13-21(36-22)18-7-9-19(29)10-8-18/h5-15,25H,4H2,1-3H3/b23-15-/t25-/m1/s1. The highest BCUT2D eigenvalue weighted by Gasteiger charge is 2.35. The number of aromatic nitrogens is 1. The summed E-state index contributed by atoms with van der Waals surface area (Å²) in [4.78, 5) is 31.9. The predicted molar refractivity (Wildman–Crippen MR) is 145 cm³/mol. The van der Waals surface area contributed by atoms with Gasteiger partial charge in [0.05, 0.1) is 29.5 Å². The number of furan rings is 1. The summed E-state index contributed by atoms with van der Waals surface area (Å²) in [5.41, 5.74) is 2.23. The van der Waals surface area contributed by atoms with Gasteiger partial charge in [-0.2, -0.15) is 0 Å². The van der Waals surface area contributed by atoms with E-state index in [-0.39, 0.29) is 17.7 Å². The number of hydrogen-bond acceptors (Lipinski definition) is 7. The third-order valence-electron chi connectivity index (χ3n) is 5.96. The average molecular weight is 579 g/mol. The summed E-state index contributed by atoms with van der Waals surface area (Å²) in [6.07, 6.45) is 1.80. The summed E-state index contributed by atoms with van der Waals surface area (Å²) in [6.45, 7) is 3.69. The van der Waals surface area contributed by atoms with Crippen molar-refractivity contribution < 1.29 is 18.7 Å². The Hall–Kier alpha value is -3.69. The van der Waals surface area contributed by atoms with Gasteiger partial charge < -0.3 is 13.9 Å². The molecule has 9 heteroatoms. The van der Waals surface area contributed by atoms with Crippen LogP contribution in [-0.2, 0) is 9.53 Å². The van der Waals surface area contributed by atoms with E-state index >= 15 is 0 Å². The lowest BCUT2D eigenvalue weighted by molar-refractivity contribution is -0.139. The van der Waals surface area contributed by atoms with Gasteiger partial charge in [-0.1, -0.05) is 51.5 Å². The van der Waals surface area contributed by atoms with Crippen molar-refractivity contribution >= 4 is 39.3 Å². The van der Waals surface area contributed by atoms with Crippen molar-refractivity contribution in [2.24, 2.45) is 4.99 Å². The first kappa shape index (κ1) is 25.0. The zero-order chi connectivity index (χ0) is 26.1. The number of nitrogens with zero attached hydrogens (tertiary/aromatic N) is 2. The topological polar surface area (TPSA) is 83.0 Å². The summed E-state index contributed by atoms with van der Waals surface area (Å²) in [5.74, 6) is 1.28. The number of carbonyl (C=O) groups is 1. The Bertz CT molecular complexity index is 1680. The number of allylic oxidation sites excluding steroid dienone is 1. The van der Waals surface area contributed by atoms with Crippen LogP contribution < -0.4 is 19.6 Å². The molecule has 0 N–H and O–H groups in total. The third-order valence-corrected chi connectivity index (χ3v) is 7.47. The van der Waals surface area contributed by atoms with E-state index in [1.165, 1.54) is 15.9 Å². The summed E-state index contributed by atoms with van der Waals surface area (Å²) in [6, 6.07) is 18.0. The minimum atomic E-state index is -0.808. The maximum atomic E-state index is 13.7. The molecule has 4 aromatic rings. The maximum Gasteiger partial charge on any atom is 0.338 e. The molecule has 37 heavy (non-hydrogen) atoms. The highest BCUT2D eigenvalue weighted by Crippen LogP contribution is 2.34. The molecule has 2 aromatic heterocycles. The SMILES string of the molecule is CCOC(=O)C1=C(C)N=c2s/c(=C\c3ccc(OC)cc3)c(=O)n2[C@@H]1c1ccc(-c2ccc(Br)cc2)o1. The minimum absolute atomic E-state index is 0.201. The largest absolute Gasteiger partial charge is 0.497 e. The summed E-state index contributed by atoms with van der Waals surface area (Å²) in [7, 11) is 1.60. The molecule has 5 rings (SSSR count). The van der Waals surface area contributed by atoms with Gasteiger partial charge in [0.1, 0.15) is 23.3 Å². The zero-order valence-electron chi connectivity index (χ0n) is 20.4. The fraction of sp³-hybridized carbons (Fsp3) is 0.179. The molecule has 0 amide bonds. The molecule has 0 fully saturated rings. The van der Waals surface area contributed by atoms with Gasteiger partial charge in [0.2, 0.25) is 0 Å². The van der Waals surface area contributed by atoms with Crippen molar-refractivity contribution in [1.29, 1.82) is 0 Å². The van der Waals surface area contributed by atoms with Crippen molar-refractivity contribution in [3.05, 3.63) is 107 Å². The van der Waals surface area contributed by atoms with Crippen LogP contribution in [0.25, 0.3) is 17.4 Å². The molecule has 0 radical (unpaired) electrons. The Morgan fingerprint density at radius 3 is 2.54 bits per heavy atom. The van der Waals surface area contributed by atoms with E-state index in [0.717, 1.165) is 21.3 Å². The fourth-order valence-corrected chi connectivity index (χ4v) is 5.49. The minimum Gasteiger partial charge on any atom is -0.497 e. The third kappa shape index (κ3) is 4.84. The Labute approximate surface area is 225 Å². The van der Waals surface area contributed by atoms with E-state index in [9.17, 15) is 9.59 Å². The van der Waals surface area contributed by atoms with E-state index in [1.807, 2.05) is 54.6 Å². The number of ether oxygens (including phenoxy) is 2. The molecule has 0 unspecified atom stereocenters. The van der Waals surface area contributed by atoms with Crippen LogP contribution in [0.4, 0.5) is 0 Å². The summed E-state index contributed by atoms with van der Waals surface area (Å²) < 4.78 is 19.8. The van der Waals surface area contributed by atoms with E-state index in [4.69, 9.17) is 13.9 Å². The molecule has 0 saturated carbocycles. The number of halogens is 1. The number of carbonyl (C=O) groups excluding carboxylic acids is 1. The molecule has 2 aromatic carbocycles. The van der Waals surface area contributed by atoms with Gasteiger partial charge >= 0.3 is 5.97 Å². The second-order valence-electron chi connectivity index (χ2n) is 8.28. The number of benzene rings is 2. The van der Waals surface area contributed by atoms with Crippen LogP contribution in [0.3, 0.4) is 0 Å². The second kappa shape index (κ2) is 10.4. The van der Waals surface area contributed by atoms with Gasteiger partial charge in [0.15, 0.2) is 4.80 Å². The van der Waals surface area contributed by atoms with Gasteiger partial charge in [-0.3, -0.25) is 9.36 Å². The Morgan fingerprint density at radius 2 is 1.86 bits per heavy atom. The monoisotopic (exact) mass is 578 g/mol. The van der Waals surface area contributed by atoms with Crippen molar-refractivity contribution in [3.8, 4) is 17.1 Å². The molecule has 1 atom stereocenters. The average Bonchev–Trinajstić information content (AvgIpc) is 3.49. The number of thiazole rings is 1. The van der Waals surface area contributed by atoms with Crippen LogP contribution >= 0.6 is 27.3 Å². The lowest BCUT2D eigenvalue weighted by Gasteiger charge is -2.22. The lowest BCUT2D eigenvalue weighted by atomic mass is 10.0. The molecule has 0 saturated heterocycles. The number of esters is 1. The van der Waals surface area contributed by atoms with Gasteiger partial charge in [0.25, 0.3) is 5.56 Å². The lowest BCUT2D eigenvalue weighted by Crippen LogP contribution is -2.39. The van der Waals surface area contributed by atoms with Crippen molar-refractivity contribution in [1.82, 2.24) is 4.57 Å². The highest BCUT2D eigenvalue weighted by atomic mass is 79.9. The molecule has 3 heterocycles. The Kier molecular flexibility index (Phi) is 6.99. The van der Waals surface area contributed by atoms with Crippen LogP contribution in [0, 0.1) is 0 Å². The van der Waals surface area contributed by atoms with Crippen LogP contribution in [0.2, 0.25) is 0 Å². The molecule has 1 aliphatic rings. The van der Waals surface area contributed by atoms with Crippen LogP contribution in [-0.4, -0.2) is 24.3 Å². The van der Waals surface area contributed by atoms with E-state index in [0.29, 0.717) is 26.6 Å².